The molecule has 134 valence electrons. The largest absolute Gasteiger partial charge is 0.321 e. The molecule has 0 unspecified atom stereocenters. The van der Waals surface area contributed by atoms with Gasteiger partial charge in [-0.2, -0.15) is 0 Å². The predicted molar refractivity (Wildman–Crippen MR) is 114 cm³/mol. The summed E-state index contributed by atoms with van der Waals surface area (Å²) in [6.45, 7) is 0. The molecule has 1 aromatic heterocycles. The van der Waals surface area contributed by atoms with Crippen molar-refractivity contribution in [3.05, 3.63) is 99.5 Å². The van der Waals surface area contributed by atoms with Crippen molar-refractivity contribution in [3.63, 3.8) is 0 Å². The molecule has 0 atom stereocenters. The molecule has 3 rings (SSSR count). The summed E-state index contributed by atoms with van der Waals surface area (Å²) >= 11 is 2.19. The van der Waals surface area contributed by atoms with E-state index in [0.717, 1.165) is 3.57 Å². The van der Waals surface area contributed by atoms with Gasteiger partial charge in [0, 0.05) is 27.2 Å². The number of amides is 2. The number of carbonyl (C=O) groups is 2. The van der Waals surface area contributed by atoms with Crippen LogP contribution in [-0.4, -0.2) is 16.8 Å². The van der Waals surface area contributed by atoms with Gasteiger partial charge in [-0.15, -0.1) is 0 Å². The molecule has 0 aliphatic heterocycles. The molecule has 27 heavy (non-hydrogen) atoms. The number of benzene rings is 2. The first-order valence-corrected chi connectivity index (χ1v) is 9.25. The van der Waals surface area contributed by atoms with Crippen LogP contribution in [0.3, 0.4) is 0 Å². The predicted octanol–water partition coefficient (Wildman–Crippen LogP) is 4.10. The second-order valence-electron chi connectivity index (χ2n) is 5.63. The minimum absolute atomic E-state index is 0.135. The molecule has 2 amide bonds. The van der Waals surface area contributed by atoms with E-state index in [1.54, 1.807) is 67.0 Å². The van der Waals surface area contributed by atoms with Gasteiger partial charge < -0.3 is 10.6 Å². The van der Waals surface area contributed by atoms with E-state index >= 15 is 0 Å². The highest BCUT2D eigenvalue weighted by Crippen LogP contribution is 2.13. The Morgan fingerprint density at radius 3 is 2.33 bits per heavy atom. The lowest BCUT2D eigenvalue weighted by molar-refractivity contribution is -0.113. The SMILES string of the molecule is O=C(Nc1ccc(I)cc1)C(=Cc1cccnc1)NC(=O)c1ccccc1. The van der Waals surface area contributed by atoms with Crippen LogP contribution in [-0.2, 0) is 4.79 Å². The molecule has 0 aliphatic rings. The summed E-state index contributed by atoms with van der Waals surface area (Å²) in [7, 11) is 0. The quantitative estimate of drug-likeness (QED) is 0.437. The lowest BCUT2D eigenvalue weighted by Gasteiger charge is -2.11. The fraction of sp³-hybridized carbons (Fsp3) is 0. The lowest BCUT2D eigenvalue weighted by Crippen LogP contribution is -2.30. The second-order valence-corrected chi connectivity index (χ2v) is 6.87. The van der Waals surface area contributed by atoms with Crippen LogP contribution in [0.5, 0.6) is 0 Å². The van der Waals surface area contributed by atoms with Gasteiger partial charge in [-0.3, -0.25) is 14.6 Å². The molecule has 0 saturated heterocycles. The summed E-state index contributed by atoms with van der Waals surface area (Å²) < 4.78 is 1.06. The van der Waals surface area contributed by atoms with Crippen molar-refractivity contribution >= 4 is 46.2 Å². The third kappa shape index (κ3) is 5.49. The highest BCUT2D eigenvalue weighted by atomic mass is 127. The average molecular weight is 469 g/mol. The van der Waals surface area contributed by atoms with Gasteiger partial charge in [0.2, 0.25) is 0 Å². The molecular formula is C21H16IN3O2. The molecule has 0 spiro atoms. The molecule has 6 heteroatoms. The van der Waals surface area contributed by atoms with Crippen molar-refractivity contribution in [1.29, 1.82) is 0 Å². The maximum absolute atomic E-state index is 12.8. The number of hydrogen-bond acceptors (Lipinski definition) is 3. The Hall–Kier alpha value is -3.00. The zero-order chi connectivity index (χ0) is 19.1. The number of rotatable bonds is 5. The van der Waals surface area contributed by atoms with E-state index in [0.29, 0.717) is 16.8 Å². The minimum Gasteiger partial charge on any atom is -0.321 e. The van der Waals surface area contributed by atoms with E-state index < -0.39 is 5.91 Å². The van der Waals surface area contributed by atoms with E-state index in [4.69, 9.17) is 0 Å². The van der Waals surface area contributed by atoms with E-state index in [9.17, 15) is 9.59 Å². The van der Waals surface area contributed by atoms with Gasteiger partial charge in [-0.1, -0.05) is 24.3 Å². The first-order chi connectivity index (χ1) is 13.1. The molecule has 0 fully saturated rings. The molecule has 2 N–H and O–H groups in total. The van der Waals surface area contributed by atoms with E-state index in [1.165, 1.54) is 0 Å². The third-order valence-electron chi connectivity index (χ3n) is 3.63. The fourth-order valence-electron chi connectivity index (χ4n) is 2.30. The molecule has 0 aliphatic carbocycles. The Kier molecular flexibility index (Phi) is 6.32. The number of anilines is 1. The molecule has 0 saturated carbocycles. The smallest absolute Gasteiger partial charge is 0.272 e. The molecular weight excluding hydrogens is 453 g/mol. The summed E-state index contributed by atoms with van der Waals surface area (Å²) in [6, 6.07) is 19.7. The number of carbonyl (C=O) groups excluding carboxylic acids is 2. The van der Waals surface area contributed by atoms with Gasteiger partial charge in [-0.05, 0) is 76.7 Å². The van der Waals surface area contributed by atoms with Gasteiger partial charge in [0.1, 0.15) is 5.70 Å². The zero-order valence-electron chi connectivity index (χ0n) is 14.2. The van der Waals surface area contributed by atoms with Crippen molar-refractivity contribution in [2.75, 3.05) is 5.32 Å². The summed E-state index contributed by atoms with van der Waals surface area (Å²) in [6.07, 6.45) is 4.86. The van der Waals surface area contributed by atoms with Crippen molar-refractivity contribution in [2.24, 2.45) is 0 Å². The molecule has 1 heterocycles. The molecule has 0 bridgehead atoms. The highest BCUT2D eigenvalue weighted by molar-refractivity contribution is 14.1. The standard InChI is InChI=1S/C21H16IN3O2/c22-17-8-10-18(11-9-17)24-21(27)19(13-15-5-4-12-23-14-15)25-20(26)16-6-2-1-3-7-16/h1-14H,(H,24,27)(H,25,26). The van der Waals surface area contributed by atoms with Gasteiger partial charge >= 0.3 is 0 Å². The van der Waals surface area contributed by atoms with Gasteiger partial charge in [-0.25, -0.2) is 0 Å². The fourth-order valence-corrected chi connectivity index (χ4v) is 2.66. The maximum Gasteiger partial charge on any atom is 0.272 e. The van der Waals surface area contributed by atoms with E-state index in [1.807, 2.05) is 18.2 Å². The van der Waals surface area contributed by atoms with Crippen LogP contribution in [0.25, 0.3) is 6.08 Å². The van der Waals surface area contributed by atoms with Crippen LogP contribution in [0.4, 0.5) is 5.69 Å². The van der Waals surface area contributed by atoms with Gasteiger partial charge in [0.15, 0.2) is 0 Å². The van der Waals surface area contributed by atoms with Crippen molar-refractivity contribution in [1.82, 2.24) is 10.3 Å². The van der Waals surface area contributed by atoms with Crippen molar-refractivity contribution < 1.29 is 9.59 Å². The van der Waals surface area contributed by atoms with Crippen LogP contribution in [0.2, 0.25) is 0 Å². The Morgan fingerprint density at radius 1 is 0.926 bits per heavy atom. The number of hydrogen-bond donors (Lipinski definition) is 2. The number of nitrogens with one attached hydrogen (secondary N) is 2. The zero-order valence-corrected chi connectivity index (χ0v) is 16.4. The van der Waals surface area contributed by atoms with Crippen LogP contribution in [0.15, 0.2) is 84.8 Å². The Bertz CT molecular complexity index is 956. The Labute approximate surface area is 170 Å². The van der Waals surface area contributed by atoms with Crippen molar-refractivity contribution in [3.8, 4) is 0 Å². The van der Waals surface area contributed by atoms with Crippen LogP contribution in [0, 0.1) is 3.57 Å². The van der Waals surface area contributed by atoms with Crippen LogP contribution < -0.4 is 10.6 Å². The van der Waals surface area contributed by atoms with Crippen molar-refractivity contribution in [2.45, 2.75) is 0 Å². The molecule has 5 nitrogen and oxygen atoms in total. The second kappa shape index (κ2) is 9.09. The lowest BCUT2D eigenvalue weighted by atomic mass is 10.2. The van der Waals surface area contributed by atoms with Gasteiger partial charge in [0.05, 0.1) is 0 Å². The van der Waals surface area contributed by atoms with Crippen LogP contribution >= 0.6 is 22.6 Å². The number of halogens is 1. The average Bonchev–Trinajstić information content (AvgIpc) is 2.70. The summed E-state index contributed by atoms with van der Waals surface area (Å²) in [5.74, 6) is -0.771. The highest BCUT2D eigenvalue weighted by Gasteiger charge is 2.15. The van der Waals surface area contributed by atoms with E-state index in [2.05, 4.69) is 38.2 Å². The third-order valence-corrected chi connectivity index (χ3v) is 4.35. The number of pyridine rings is 1. The minimum atomic E-state index is -0.413. The summed E-state index contributed by atoms with van der Waals surface area (Å²) in [5.41, 5.74) is 1.96. The first kappa shape index (κ1) is 18.8. The Balaban J connectivity index is 1.85. The van der Waals surface area contributed by atoms with Crippen LogP contribution in [0.1, 0.15) is 15.9 Å². The Morgan fingerprint density at radius 2 is 1.67 bits per heavy atom. The molecule has 3 aromatic rings. The topological polar surface area (TPSA) is 71.1 Å². The maximum atomic E-state index is 12.8. The monoisotopic (exact) mass is 469 g/mol. The summed E-state index contributed by atoms with van der Waals surface area (Å²) in [5, 5.41) is 5.49. The normalized spacial score (nSPS) is 10.9. The molecule has 2 aromatic carbocycles. The number of aromatic nitrogens is 1. The first-order valence-electron chi connectivity index (χ1n) is 8.17. The summed E-state index contributed by atoms with van der Waals surface area (Å²) in [4.78, 5) is 29.3. The van der Waals surface area contributed by atoms with Gasteiger partial charge in [0.25, 0.3) is 11.8 Å². The number of nitrogens with zero attached hydrogens (tertiary/aromatic N) is 1. The van der Waals surface area contributed by atoms with E-state index in [-0.39, 0.29) is 11.6 Å². The molecule has 0 radical (unpaired) electrons.